The fraction of sp³-hybridized carbons (Fsp3) is 0.0667. The molecule has 5 N–H and O–H groups in total. The molecule has 0 unspecified atom stereocenters. The number of hydrogen-bond acceptors (Lipinski definition) is 6. The molecule has 0 atom stereocenters. The predicted molar refractivity (Wildman–Crippen MR) is 85.7 cm³/mol. The third-order valence-electron chi connectivity index (χ3n) is 2.24. The second-order valence-corrected chi connectivity index (χ2v) is 3.96. The number of nitrogens with zero attached hydrogens (tertiary/aromatic N) is 3. The minimum Gasteiger partial charge on any atom is -0.478 e. The van der Waals surface area contributed by atoms with Gasteiger partial charge < -0.3 is 16.6 Å². The second-order valence-electron chi connectivity index (χ2n) is 3.96. The zero-order valence-corrected chi connectivity index (χ0v) is 12.0. The molecule has 2 rings (SSSR count). The molecule has 0 bridgehead atoms. The monoisotopic (exact) mass is 299 g/mol. The number of allylic oxidation sites excluding steroid dienone is 3. The Labute approximate surface area is 128 Å². The van der Waals surface area contributed by atoms with Crippen LogP contribution < -0.4 is 11.5 Å². The van der Waals surface area contributed by atoms with Gasteiger partial charge in [0, 0.05) is 11.6 Å². The maximum Gasteiger partial charge on any atom is 0.328 e. The van der Waals surface area contributed by atoms with Crippen LogP contribution in [0.1, 0.15) is 6.92 Å². The number of rotatable bonds is 3. The van der Waals surface area contributed by atoms with Crippen LogP contribution in [0.25, 0.3) is 11.4 Å². The third kappa shape index (κ3) is 6.29. The Morgan fingerprint density at radius 2 is 1.64 bits per heavy atom. The number of benzene rings is 1. The molecule has 2 aromatic rings. The maximum atomic E-state index is 9.75. The lowest BCUT2D eigenvalue weighted by Gasteiger charge is -2.00. The molecular formula is C15H17N5O2. The average Bonchev–Trinajstić information content (AvgIpc) is 2.48. The van der Waals surface area contributed by atoms with E-state index in [2.05, 4.69) is 15.0 Å². The van der Waals surface area contributed by atoms with Crippen LogP contribution in [-0.2, 0) is 4.79 Å². The first-order chi connectivity index (χ1) is 10.5. The van der Waals surface area contributed by atoms with E-state index in [1.807, 2.05) is 37.3 Å². The number of carboxylic acid groups (broad SMARTS) is 1. The molecule has 0 aliphatic rings. The quantitative estimate of drug-likeness (QED) is 0.583. The van der Waals surface area contributed by atoms with E-state index in [1.54, 1.807) is 12.2 Å². The standard InChI is InChI=1S/C9H9N5.C6H8O2/c10-8-12-7(13-9(11)14-8)6-4-2-1-3-5-6;1-2-3-4-5-6(7)8/h1-5H,(H4,10,11,12,13,14);2-5H,1H3,(H,7,8)/b;3-2+,5-4+. The van der Waals surface area contributed by atoms with Gasteiger partial charge in [-0.25, -0.2) is 4.79 Å². The van der Waals surface area contributed by atoms with E-state index in [1.165, 1.54) is 6.08 Å². The molecule has 7 nitrogen and oxygen atoms in total. The molecule has 0 saturated carbocycles. The highest BCUT2D eigenvalue weighted by Crippen LogP contribution is 2.14. The highest BCUT2D eigenvalue weighted by atomic mass is 16.4. The van der Waals surface area contributed by atoms with E-state index in [9.17, 15) is 4.79 Å². The maximum absolute atomic E-state index is 9.75. The average molecular weight is 299 g/mol. The zero-order chi connectivity index (χ0) is 16.4. The molecule has 0 aliphatic heterocycles. The SMILES string of the molecule is C/C=C/C=C/C(=O)O.Nc1nc(N)nc(-c2ccccc2)n1. The molecule has 1 aromatic carbocycles. The van der Waals surface area contributed by atoms with Gasteiger partial charge in [-0.1, -0.05) is 48.6 Å². The van der Waals surface area contributed by atoms with Crippen molar-refractivity contribution < 1.29 is 9.90 Å². The van der Waals surface area contributed by atoms with Crippen molar-refractivity contribution in [2.75, 3.05) is 11.5 Å². The van der Waals surface area contributed by atoms with Crippen molar-refractivity contribution in [1.82, 2.24) is 15.0 Å². The van der Waals surface area contributed by atoms with Crippen molar-refractivity contribution in [3.63, 3.8) is 0 Å². The predicted octanol–water partition coefficient (Wildman–Crippen LogP) is 1.91. The second kappa shape index (κ2) is 8.85. The lowest BCUT2D eigenvalue weighted by molar-refractivity contribution is -0.131. The largest absolute Gasteiger partial charge is 0.478 e. The van der Waals surface area contributed by atoms with Gasteiger partial charge in [0.05, 0.1) is 0 Å². The van der Waals surface area contributed by atoms with Gasteiger partial charge in [0.1, 0.15) is 0 Å². The molecule has 114 valence electrons. The van der Waals surface area contributed by atoms with Crippen LogP contribution in [0.15, 0.2) is 54.6 Å². The first-order valence-electron chi connectivity index (χ1n) is 6.37. The van der Waals surface area contributed by atoms with E-state index in [0.29, 0.717) is 5.82 Å². The molecule has 22 heavy (non-hydrogen) atoms. The number of aromatic nitrogens is 3. The van der Waals surface area contributed by atoms with Gasteiger partial charge in [0.25, 0.3) is 0 Å². The van der Waals surface area contributed by atoms with Crippen molar-refractivity contribution in [2.24, 2.45) is 0 Å². The highest BCUT2D eigenvalue weighted by molar-refractivity contribution is 5.80. The van der Waals surface area contributed by atoms with Crippen molar-refractivity contribution >= 4 is 17.9 Å². The van der Waals surface area contributed by atoms with E-state index in [-0.39, 0.29) is 11.9 Å². The summed E-state index contributed by atoms with van der Waals surface area (Å²) in [5.41, 5.74) is 11.8. The highest BCUT2D eigenvalue weighted by Gasteiger charge is 2.03. The van der Waals surface area contributed by atoms with E-state index < -0.39 is 5.97 Å². The zero-order valence-electron chi connectivity index (χ0n) is 12.0. The minimum atomic E-state index is -0.914. The van der Waals surface area contributed by atoms with Crippen molar-refractivity contribution in [3.05, 3.63) is 54.6 Å². The molecule has 0 saturated heterocycles. The van der Waals surface area contributed by atoms with Crippen LogP contribution in [0.5, 0.6) is 0 Å². The Bertz CT molecular complexity index is 649. The summed E-state index contributed by atoms with van der Waals surface area (Å²) in [5.74, 6) is -0.147. The molecule has 0 amide bonds. The number of nitrogen functional groups attached to an aromatic ring is 2. The molecule has 0 aliphatic carbocycles. The van der Waals surface area contributed by atoms with E-state index in [4.69, 9.17) is 16.6 Å². The van der Waals surface area contributed by atoms with Crippen molar-refractivity contribution in [3.8, 4) is 11.4 Å². The normalized spacial score (nSPS) is 10.4. The minimum absolute atomic E-state index is 0.136. The molecule has 0 radical (unpaired) electrons. The smallest absolute Gasteiger partial charge is 0.328 e. The number of hydrogen-bond donors (Lipinski definition) is 3. The summed E-state index contributed by atoms with van der Waals surface area (Å²) in [7, 11) is 0. The molecule has 7 heteroatoms. The van der Waals surface area contributed by atoms with Gasteiger partial charge in [0.2, 0.25) is 11.9 Å². The van der Waals surface area contributed by atoms with Crippen molar-refractivity contribution in [2.45, 2.75) is 6.92 Å². The fourth-order valence-electron chi connectivity index (χ4n) is 1.37. The summed E-state index contributed by atoms with van der Waals surface area (Å²) in [6.07, 6.45) is 5.98. The summed E-state index contributed by atoms with van der Waals surface area (Å²) in [6.45, 7) is 1.83. The third-order valence-corrected chi connectivity index (χ3v) is 2.24. The molecule has 0 fully saturated rings. The van der Waals surface area contributed by atoms with Crippen molar-refractivity contribution in [1.29, 1.82) is 0 Å². The van der Waals surface area contributed by atoms with Gasteiger partial charge in [-0.15, -0.1) is 0 Å². The van der Waals surface area contributed by atoms with Crippen LogP contribution in [0, 0.1) is 0 Å². The number of nitrogens with two attached hydrogens (primary N) is 2. The lowest BCUT2D eigenvalue weighted by Crippen LogP contribution is -2.04. The molecule has 1 aromatic heterocycles. The van der Waals surface area contributed by atoms with Gasteiger partial charge >= 0.3 is 5.97 Å². The number of carboxylic acids is 1. The van der Waals surface area contributed by atoms with Crippen LogP contribution in [0.4, 0.5) is 11.9 Å². The van der Waals surface area contributed by atoms with Gasteiger partial charge in [0.15, 0.2) is 5.82 Å². The van der Waals surface area contributed by atoms with Crippen LogP contribution in [0.2, 0.25) is 0 Å². The van der Waals surface area contributed by atoms with Crippen LogP contribution in [0.3, 0.4) is 0 Å². The molecule has 1 heterocycles. The first kappa shape index (κ1) is 16.8. The Balaban J connectivity index is 0.000000261. The number of anilines is 2. The van der Waals surface area contributed by atoms with Crippen LogP contribution >= 0.6 is 0 Å². The summed E-state index contributed by atoms with van der Waals surface area (Å²) in [4.78, 5) is 21.4. The van der Waals surface area contributed by atoms with Gasteiger partial charge in [-0.3, -0.25) is 0 Å². The number of carbonyl (C=O) groups is 1. The Kier molecular flexibility index (Phi) is 6.77. The van der Waals surface area contributed by atoms with Crippen LogP contribution in [-0.4, -0.2) is 26.0 Å². The van der Waals surface area contributed by atoms with Gasteiger partial charge in [-0.2, -0.15) is 15.0 Å². The fourth-order valence-corrected chi connectivity index (χ4v) is 1.37. The van der Waals surface area contributed by atoms with E-state index in [0.717, 1.165) is 11.6 Å². The Morgan fingerprint density at radius 1 is 1.05 bits per heavy atom. The van der Waals surface area contributed by atoms with Gasteiger partial charge in [-0.05, 0) is 6.92 Å². The van der Waals surface area contributed by atoms with E-state index >= 15 is 0 Å². The molecule has 0 spiro atoms. The summed E-state index contributed by atoms with van der Waals surface area (Å²) in [6, 6.07) is 9.47. The first-order valence-corrected chi connectivity index (χ1v) is 6.37. The topological polar surface area (TPSA) is 128 Å². The summed E-state index contributed by atoms with van der Waals surface area (Å²) < 4.78 is 0. The lowest BCUT2D eigenvalue weighted by atomic mass is 10.2. The Morgan fingerprint density at radius 3 is 2.14 bits per heavy atom. The summed E-state index contributed by atoms with van der Waals surface area (Å²) >= 11 is 0. The number of aliphatic carboxylic acids is 1. The molecular weight excluding hydrogens is 282 g/mol. The summed E-state index contributed by atoms with van der Waals surface area (Å²) in [5, 5.41) is 8.02. The Hall–Kier alpha value is -3.22.